The highest BCUT2D eigenvalue weighted by Crippen LogP contribution is 2.49. The van der Waals surface area contributed by atoms with E-state index in [0.29, 0.717) is 37.7 Å². The lowest BCUT2D eigenvalue weighted by atomic mass is 10.1. The van der Waals surface area contributed by atoms with E-state index in [1.165, 1.54) is 0 Å². The van der Waals surface area contributed by atoms with Gasteiger partial charge in [-0.15, -0.1) is 0 Å². The van der Waals surface area contributed by atoms with Gasteiger partial charge in [0.15, 0.2) is 11.5 Å². The molecule has 1 spiro atoms. The van der Waals surface area contributed by atoms with E-state index >= 15 is 0 Å². The van der Waals surface area contributed by atoms with E-state index in [0.717, 1.165) is 18.6 Å². The number of amides is 1. The molecule has 5 heteroatoms. The Kier molecular flexibility index (Phi) is 3.53. The molecule has 0 radical (unpaired) electrons. The lowest BCUT2D eigenvalue weighted by Gasteiger charge is -2.09. The van der Waals surface area contributed by atoms with Crippen molar-refractivity contribution < 1.29 is 19.0 Å². The molecule has 3 rings (SSSR count). The summed E-state index contributed by atoms with van der Waals surface area (Å²) in [5.74, 6) is 1.26. The molecule has 20 heavy (non-hydrogen) atoms. The summed E-state index contributed by atoms with van der Waals surface area (Å²) in [4.78, 5) is 12.0. The molecule has 0 atom stereocenters. The topological polar surface area (TPSA) is 56.8 Å². The Morgan fingerprint density at radius 3 is 2.75 bits per heavy atom. The van der Waals surface area contributed by atoms with Crippen LogP contribution in [-0.4, -0.2) is 39.4 Å². The van der Waals surface area contributed by atoms with Crippen LogP contribution in [0.3, 0.4) is 0 Å². The molecule has 1 saturated carbocycles. The first-order valence-corrected chi connectivity index (χ1v) is 6.89. The number of carbonyl (C=O) groups excluding carboxylic acids is 1. The summed E-state index contributed by atoms with van der Waals surface area (Å²) >= 11 is 0. The van der Waals surface area contributed by atoms with E-state index in [9.17, 15) is 4.79 Å². The fraction of sp³-hybridized carbons (Fsp3) is 0.533. The Morgan fingerprint density at radius 1 is 1.30 bits per heavy atom. The molecule has 1 aromatic rings. The normalized spacial score (nSPS) is 18.4. The quantitative estimate of drug-likeness (QED) is 0.850. The zero-order chi connectivity index (χ0) is 14.0. The zero-order valence-electron chi connectivity index (χ0n) is 11.6. The second-order valence-electron chi connectivity index (χ2n) is 5.49. The van der Waals surface area contributed by atoms with Gasteiger partial charge in [-0.05, 0) is 31.0 Å². The van der Waals surface area contributed by atoms with Crippen molar-refractivity contribution in [2.24, 2.45) is 5.41 Å². The van der Waals surface area contributed by atoms with Crippen LogP contribution in [0.25, 0.3) is 0 Å². The summed E-state index contributed by atoms with van der Waals surface area (Å²) in [7, 11) is 1.60. The first-order valence-electron chi connectivity index (χ1n) is 6.89. The summed E-state index contributed by atoms with van der Waals surface area (Å²) < 4.78 is 16.5. The summed E-state index contributed by atoms with van der Waals surface area (Å²) in [6.07, 6.45) is 2.32. The lowest BCUT2D eigenvalue weighted by molar-refractivity contribution is 0.0936. The maximum Gasteiger partial charge on any atom is 0.251 e. The minimum absolute atomic E-state index is 0.126. The number of nitrogens with one attached hydrogen (secondary N) is 1. The van der Waals surface area contributed by atoms with Crippen LogP contribution in [0.2, 0.25) is 0 Å². The van der Waals surface area contributed by atoms with Crippen molar-refractivity contribution in [1.82, 2.24) is 5.32 Å². The van der Waals surface area contributed by atoms with Gasteiger partial charge in [0.25, 0.3) is 5.91 Å². The highest BCUT2D eigenvalue weighted by molar-refractivity contribution is 5.94. The van der Waals surface area contributed by atoms with Gasteiger partial charge in [-0.2, -0.15) is 0 Å². The van der Waals surface area contributed by atoms with Crippen LogP contribution in [-0.2, 0) is 4.74 Å². The largest absolute Gasteiger partial charge is 0.489 e. The number of benzene rings is 1. The first-order chi connectivity index (χ1) is 9.72. The molecule has 1 heterocycles. The van der Waals surface area contributed by atoms with E-state index in [1.54, 1.807) is 19.2 Å². The van der Waals surface area contributed by atoms with Crippen LogP contribution in [0.5, 0.6) is 11.5 Å². The van der Waals surface area contributed by atoms with Crippen molar-refractivity contribution in [3.63, 3.8) is 0 Å². The highest BCUT2D eigenvalue weighted by Gasteiger charge is 2.46. The summed E-state index contributed by atoms with van der Waals surface area (Å²) in [6.45, 7) is 2.37. The SMILES string of the molecule is COCCNC(=O)c1ccc2c(c1)OCC1(CC1)CO2. The predicted molar refractivity (Wildman–Crippen MR) is 73.3 cm³/mol. The number of hydrogen-bond donors (Lipinski definition) is 1. The molecule has 0 unspecified atom stereocenters. The number of fused-ring (bicyclic) bond motifs is 1. The van der Waals surface area contributed by atoms with Crippen LogP contribution >= 0.6 is 0 Å². The molecule has 1 aromatic carbocycles. The van der Waals surface area contributed by atoms with Crippen LogP contribution in [0.4, 0.5) is 0 Å². The fourth-order valence-corrected chi connectivity index (χ4v) is 2.22. The standard InChI is InChI=1S/C15H19NO4/c1-18-7-6-16-14(17)11-2-3-12-13(8-11)20-10-15(4-5-15)9-19-12/h2-3,8H,4-7,9-10H2,1H3,(H,16,17). The predicted octanol–water partition coefficient (Wildman–Crippen LogP) is 1.61. The van der Waals surface area contributed by atoms with E-state index in [2.05, 4.69) is 5.32 Å². The molecule has 0 aromatic heterocycles. The molecule has 2 aliphatic rings. The van der Waals surface area contributed by atoms with Crippen LogP contribution in [0.15, 0.2) is 18.2 Å². The molecule has 1 amide bonds. The van der Waals surface area contributed by atoms with Crippen molar-refractivity contribution >= 4 is 5.91 Å². The van der Waals surface area contributed by atoms with E-state index < -0.39 is 0 Å². The molecule has 1 N–H and O–H groups in total. The Morgan fingerprint density at radius 2 is 2.05 bits per heavy atom. The number of methoxy groups -OCH3 is 1. The van der Waals surface area contributed by atoms with Gasteiger partial charge in [-0.3, -0.25) is 4.79 Å². The number of carbonyl (C=O) groups is 1. The van der Waals surface area contributed by atoms with Crippen LogP contribution < -0.4 is 14.8 Å². The van der Waals surface area contributed by atoms with Gasteiger partial charge in [0, 0.05) is 24.6 Å². The average Bonchev–Trinajstić information content (AvgIpc) is 3.26. The lowest BCUT2D eigenvalue weighted by Crippen LogP contribution is -2.26. The second-order valence-corrected chi connectivity index (χ2v) is 5.49. The van der Waals surface area contributed by atoms with Crippen molar-refractivity contribution in [1.29, 1.82) is 0 Å². The van der Waals surface area contributed by atoms with Crippen molar-refractivity contribution in [2.45, 2.75) is 12.8 Å². The summed E-state index contributed by atoms with van der Waals surface area (Å²) in [5, 5.41) is 2.79. The minimum atomic E-state index is -0.126. The maximum absolute atomic E-state index is 12.0. The van der Waals surface area contributed by atoms with Crippen molar-refractivity contribution in [3.8, 4) is 11.5 Å². The number of hydrogen-bond acceptors (Lipinski definition) is 4. The fourth-order valence-electron chi connectivity index (χ4n) is 2.22. The highest BCUT2D eigenvalue weighted by atomic mass is 16.5. The Hall–Kier alpha value is -1.75. The van der Waals surface area contributed by atoms with Crippen molar-refractivity contribution in [2.75, 3.05) is 33.5 Å². The Labute approximate surface area is 118 Å². The maximum atomic E-state index is 12.0. The third-order valence-corrected chi connectivity index (χ3v) is 3.82. The van der Waals surface area contributed by atoms with E-state index in [4.69, 9.17) is 14.2 Å². The Balaban J connectivity index is 1.69. The molecule has 1 fully saturated rings. The molecular weight excluding hydrogens is 258 g/mol. The molecule has 1 aliphatic carbocycles. The second kappa shape index (κ2) is 5.32. The average molecular weight is 277 g/mol. The number of rotatable bonds is 4. The Bertz CT molecular complexity index is 511. The van der Waals surface area contributed by atoms with Crippen molar-refractivity contribution in [3.05, 3.63) is 23.8 Å². The van der Waals surface area contributed by atoms with Crippen LogP contribution in [0.1, 0.15) is 23.2 Å². The molecular formula is C15H19NO4. The van der Waals surface area contributed by atoms with E-state index in [-0.39, 0.29) is 11.3 Å². The van der Waals surface area contributed by atoms with Gasteiger partial charge in [0.2, 0.25) is 0 Å². The summed E-state index contributed by atoms with van der Waals surface area (Å²) in [5.41, 5.74) is 0.787. The van der Waals surface area contributed by atoms with Gasteiger partial charge in [0.1, 0.15) is 0 Å². The monoisotopic (exact) mass is 277 g/mol. The molecule has 0 saturated heterocycles. The van der Waals surface area contributed by atoms with Gasteiger partial charge in [-0.25, -0.2) is 0 Å². The minimum Gasteiger partial charge on any atom is -0.489 e. The van der Waals surface area contributed by atoms with E-state index in [1.807, 2.05) is 6.07 Å². The first kappa shape index (κ1) is 13.2. The third kappa shape index (κ3) is 2.72. The number of ether oxygens (including phenoxy) is 3. The van der Waals surface area contributed by atoms with Gasteiger partial charge >= 0.3 is 0 Å². The zero-order valence-corrected chi connectivity index (χ0v) is 11.6. The molecule has 1 aliphatic heterocycles. The van der Waals surface area contributed by atoms with Gasteiger partial charge < -0.3 is 19.5 Å². The molecule has 108 valence electrons. The summed E-state index contributed by atoms with van der Waals surface area (Å²) in [6, 6.07) is 5.32. The third-order valence-electron chi connectivity index (χ3n) is 3.82. The van der Waals surface area contributed by atoms with Crippen LogP contribution in [0, 0.1) is 5.41 Å². The molecule has 5 nitrogen and oxygen atoms in total. The van der Waals surface area contributed by atoms with Gasteiger partial charge in [0.05, 0.1) is 19.8 Å². The van der Waals surface area contributed by atoms with Gasteiger partial charge in [-0.1, -0.05) is 0 Å². The smallest absolute Gasteiger partial charge is 0.251 e. The molecule has 0 bridgehead atoms.